The minimum atomic E-state index is -3.64. The predicted octanol–water partition coefficient (Wildman–Crippen LogP) is 1.26. The number of aromatic amines is 1. The van der Waals surface area contributed by atoms with Crippen LogP contribution in [-0.4, -0.2) is 13.4 Å². The maximum atomic E-state index is 12.0. The lowest BCUT2D eigenvalue weighted by molar-refractivity contribution is 0.580. The maximum absolute atomic E-state index is 12.0. The number of hydrogen-bond acceptors (Lipinski definition) is 5. The zero-order valence-electron chi connectivity index (χ0n) is 9.51. The van der Waals surface area contributed by atoms with E-state index in [1.807, 2.05) is 0 Å². The van der Waals surface area contributed by atoms with E-state index in [1.165, 1.54) is 18.2 Å². The molecule has 0 fully saturated rings. The van der Waals surface area contributed by atoms with Crippen molar-refractivity contribution in [2.75, 3.05) is 5.73 Å². The molecule has 0 aliphatic carbocycles. The van der Waals surface area contributed by atoms with Crippen LogP contribution in [0, 0.1) is 0 Å². The largest absolute Gasteiger partial charge is 0.398 e. The topological polar surface area (TPSA) is 105 Å². The Hall–Kier alpha value is -1.16. The molecule has 0 saturated carbocycles. The quantitative estimate of drug-likeness (QED) is 0.711. The van der Waals surface area contributed by atoms with Crippen LogP contribution in [0.2, 0.25) is 0 Å². The molecule has 102 valence electrons. The highest BCUT2D eigenvalue weighted by molar-refractivity contribution is 9.10. The molecule has 0 aliphatic rings. The molecule has 0 aliphatic heterocycles. The second kappa shape index (κ2) is 5.45. The van der Waals surface area contributed by atoms with E-state index >= 15 is 0 Å². The van der Waals surface area contributed by atoms with Crippen molar-refractivity contribution in [3.63, 3.8) is 0 Å². The normalized spacial score (nSPS) is 11.6. The monoisotopic (exact) mass is 363 g/mol. The number of benzene rings is 1. The van der Waals surface area contributed by atoms with Gasteiger partial charge in [-0.05, 0) is 34.1 Å². The van der Waals surface area contributed by atoms with Crippen molar-refractivity contribution in [3.8, 4) is 0 Å². The highest BCUT2D eigenvalue weighted by Crippen LogP contribution is 2.22. The minimum Gasteiger partial charge on any atom is -0.398 e. The van der Waals surface area contributed by atoms with Gasteiger partial charge in [0.05, 0.1) is 11.4 Å². The van der Waals surface area contributed by atoms with E-state index in [4.69, 9.17) is 5.73 Å². The van der Waals surface area contributed by atoms with Gasteiger partial charge in [0.15, 0.2) is 0 Å². The maximum Gasteiger partial charge on any atom is 0.304 e. The summed E-state index contributed by atoms with van der Waals surface area (Å²) in [4.78, 5) is 13.3. The number of thiazole rings is 1. The molecule has 1 heterocycles. The van der Waals surface area contributed by atoms with Crippen LogP contribution in [-0.2, 0) is 16.6 Å². The number of nitrogens with two attached hydrogens (primary N) is 1. The lowest BCUT2D eigenvalue weighted by Crippen LogP contribution is -2.23. The van der Waals surface area contributed by atoms with Gasteiger partial charge in [-0.25, -0.2) is 13.1 Å². The van der Waals surface area contributed by atoms with Crippen LogP contribution in [0.3, 0.4) is 0 Å². The Labute approximate surface area is 121 Å². The lowest BCUT2D eigenvalue weighted by atomic mass is 10.3. The molecule has 0 atom stereocenters. The summed E-state index contributed by atoms with van der Waals surface area (Å²) in [5.74, 6) is 0. The highest BCUT2D eigenvalue weighted by Gasteiger charge is 2.15. The number of H-pyrrole nitrogens is 1. The van der Waals surface area contributed by atoms with Crippen molar-refractivity contribution in [2.24, 2.45) is 0 Å². The van der Waals surface area contributed by atoms with Crippen LogP contribution in [0.5, 0.6) is 0 Å². The summed E-state index contributed by atoms with van der Waals surface area (Å²) in [6.07, 6.45) is 0. The Morgan fingerprint density at radius 2 is 2.16 bits per heavy atom. The Morgan fingerprint density at radius 3 is 2.74 bits per heavy atom. The van der Waals surface area contributed by atoms with Crippen LogP contribution in [0.4, 0.5) is 5.69 Å². The van der Waals surface area contributed by atoms with E-state index in [0.29, 0.717) is 15.9 Å². The van der Waals surface area contributed by atoms with E-state index in [-0.39, 0.29) is 16.3 Å². The first-order valence-corrected chi connectivity index (χ1v) is 8.25. The van der Waals surface area contributed by atoms with Crippen molar-refractivity contribution in [1.82, 2.24) is 9.71 Å². The molecule has 6 nitrogen and oxygen atoms in total. The van der Waals surface area contributed by atoms with E-state index < -0.39 is 10.0 Å². The smallest absolute Gasteiger partial charge is 0.304 e. The fourth-order valence-corrected chi connectivity index (χ4v) is 3.48. The highest BCUT2D eigenvalue weighted by atomic mass is 79.9. The molecule has 0 unspecified atom stereocenters. The SMILES string of the molecule is Nc1ccc(S(=O)(=O)NCc2csc(=O)[nH]2)cc1Br. The molecule has 19 heavy (non-hydrogen) atoms. The van der Waals surface area contributed by atoms with Crippen molar-refractivity contribution < 1.29 is 8.42 Å². The summed E-state index contributed by atoms with van der Waals surface area (Å²) >= 11 is 4.16. The summed E-state index contributed by atoms with van der Waals surface area (Å²) in [7, 11) is -3.64. The number of anilines is 1. The first-order valence-electron chi connectivity index (χ1n) is 5.10. The Balaban J connectivity index is 2.18. The predicted molar refractivity (Wildman–Crippen MR) is 77.5 cm³/mol. The van der Waals surface area contributed by atoms with E-state index in [0.717, 1.165) is 11.3 Å². The third-order valence-corrected chi connectivity index (χ3v) is 5.11. The molecule has 0 bridgehead atoms. The third-order valence-electron chi connectivity index (χ3n) is 2.31. The van der Waals surface area contributed by atoms with Gasteiger partial charge in [-0.15, -0.1) is 0 Å². The Bertz CT molecular complexity index is 751. The summed E-state index contributed by atoms with van der Waals surface area (Å²) in [5, 5.41) is 1.57. The summed E-state index contributed by atoms with van der Waals surface area (Å²) in [6, 6.07) is 4.35. The molecule has 0 spiro atoms. The fraction of sp³-hybridized carbons (Fsp3) is 0.100. The van der Waals surface area contributed by atoms with Gasteiger partial charge in [-0.1, -0.05) is 11.3 Å². The van der Waals surface area contributed by atoms with Crippen LogP contribution in [0.25, 0.3) is 0 Å². The van der Waals surface area contributed by atoms with Gasteiger partial charge >= 0.3 is 4.87 Å². The van der Waals surface area contributed by atoms with Crippen molar-refractivity contribution in [1.29, 1.82) is 0 Å². The number of rotatable bonds is 4. The third kappa shape index (κ3) is 3.44. The molecule has 2 rings (SSSR count). The standard InChI is InChI=1S/C10H10BrN3O3S2/c11-8-3-7(1-2-9(8)12)19(16,17)13-4-6-5-18-10(15)14-6/h1-3,5,13H,4,12H2,(H,14,15). The van der Waals surface area contributed by atoms with Gasteiger partial charge in [0.25, 0.3) is 0 Å². The first-order chi connectivity index (χ1) is 8.88. The van der Waals surface area contributed by atoms with Crippen LogP contribution in [0.1, 0.15) is 5.69 Å². The average molecular weight is 364 g/mol. The fourth-order valence-electron chi connectivity index (χ4n) is 1.33. The van der Waals surface area contributed by atoms with Crippen LogP contribution >= 0.6 is 27.3 Å². The first kappa shape index (κ1) is 14.3. The number of aromatic nitrogens is 1. The molecular weight excluding hydrogens is 354 g/mol. The van der Waals surface area contributed by atoms with Gasteiger partial charge in [-0.3, -0.25) is 4.79 Å². The van der Waals surface area contributed by atoms with Crippen LogP contribution < -0.4 is 15.3 Å². The number of nitrogen functional groups attached to an aromatic ring is 1. The van der Waals surface area contributed by atoms with E-state index in [9.17, 15) is 13.2 Å². The summed E-state index contributed by atoms with van der Waals surface area (Å²) in [5.41, 5.74) is 6.58. The zero-order valence-corrected chi connectivity index (χ0v) is 12.7. The van der Waals surface area contributed by atoms with E-state index in [1.54, 1.807) is 5.38 Å². The lowest BCUT2D eigenvalue weighted by Gasteiger charge is -2.07. The van der Waals surface area contributed by atoms with Gasteiger partial charge in [0.1, 0.15) is 0 Å². The van der Waals surface area contributed by atoms with Crippen molar-refractivity contribution >= 4 is 43.0 Å². The van der Waals surface area contributed by atoms with E-state index in [2.05, 4.69) is 25.6 Å². The molecule has 9 heteroatoms. The number of nitrogens with one attached hydrogen (secondary N) is 2. The summed E-state index contributed by atoms with van der Waals surface area (Å²) in [6.45, 7) is 0.0308. The molecule has 1 aromatic heterocycles. The molecule has 0 saturated heterocycles. The number of sulfonamides is 1. The second-order valence-corrected chi connectivity index (χ2v) is 7.14. The Kier molecular flexibility index (Phi) is 4.09. The minimum absolute atomic E-state index is 0.0308. The number of hydrogen-bond donors (Lipinski definition) is 3. The molecule has 0 radical (unpaired) electrons. The Morgan fingerprint density at radius 1 is 1.42 bits per heavy atom. The molecular formula is C10H10BrN3O3S2. The number of halogens is 1. The molecule has 0 amide bonds. The van der Waals surface area contributed by atoms with Gasteiger partial charge in [0, 0.05) is 21.2 Å². The molecule has 4 N–H and O–H groups in total. The van der Waals surface area contributed by atoms with Gasteiger partial charge in [-0.2, -0.15) is 0 Å². The second-order valence-electron chi connectivity index (χ2n) is 3.68. The van der Waals surface area contributed by atoms with Crippen molar-refractivity contribution in [3.05, 3.63) is 43.4 Å². The van der Waals surface area contributed by atoms with Crippen LogP contribution in [0.15, 0.2) is 37.7 Å². The molecule has 2 aromatic rings. The molecule has 1 aromatic carbocycles. The van der Waals surface area contributed by atoms with Gasteiger partial charge in [0.2, 0.25) is 10.0 Å². The van der Waals surface area contributed by atoms with Gasteiger partial charge < -0.3 is 10.7 Å². The van der Waals surface area contributed by atoms with Crippen molar-refractivity contribution in [2.45, 2.75) is 11.4 Å². The summed E-state index contributed by atoms with van der Waals surface area (Å²) < 4.78 is 26.9. The zero-order chi connectivity index (χ0) is 14.0. The average Bonchev–Trinajstić information content (AvgIpc) is 2.76.